The predicted octanol–water partition coefficient (Wildman–Crippen LogP) is 1.19. The molecule has 1 unspecified atom stereocenters. The van der Waals surface area contributed by atoms with E-state index >= 15 is 0 Å². The highest BCUT2D eigenvalue weighted by Crippen LogP contribution is 2.20. The van der Waals surface area contributed by atoms with Gasteiger partial charge in [0.2, 0.25) is 0 Å². The van der Waals surface area contributed by atoms with E-state index in [-0.39, 0.29) is 5.56 Å². The van der Waals surface area contributed by atoms with Gasteiger partial charge in [0, 0.05) is 13.0 Å². The SMILES string of the molecule is CC(Oc1ccc2nc3n(c(=O)c2c1)CCC3)C(=O)O. The standard InChI is InChI=1S/C14H14N2O4/c1-8(14(18)19)20-9-4-5-11-10(7-9)13(17)16-6-2-3-12(16)15-11/h4-5,7-8H,2-3,6H2,1H3,(H,18,19). The van der Waals surface area contributed by atoms with Gasteiger partial charge in [-0.15, -0.1) is 0 Å². The Morgan fingerprint density at radius 2 is 2.30 bits per heavy atom. The van der Waals surface area contributed by atoms with Crippen LogP contribution in [0.3, 0.4) is 0 Å². The van der Waals surface area contributed by atoms with Crippen LogP contribution in [0.25, 0.3) is 10.9 Å². The number of fused-ring (bicyclic) bond motifs is 2. The lowest BCUT2D eigenvalue weighted by molar-refractivity contribution is -0.144. The summed E-state index contributed by atoms with van der Waals surface area (Å²) in [4.78, 5) is 27.6. The number of carboxylic acid groups (broad SMARTS) is 1. The van der Waals surface area contributed by atoms with E-state index in [2.05, 4.69) is 4.98 Å². The lowest BCUT2D eigenvalue weighted by Gasteiger charge is -2.11. The Labute approximate surface area is 114 Å². The van der Waals surface area contributed by atoms with Crippen molar-refractivity contribution in [1.29, 1.82) is 0 Å². The minimum Gasteiger partial charge on any atom is -0.479 e. The molecule has 6 nitrogen and oxygen atoms in total. The summed E-state index contributed by atoms with van der Waals surface area (Å²) in [6.45, 7) is 2.13. The summed E-state index contributed by atoms with van der Waals surface area (Å²) in [6.07, 6.45) is 0.787. The van der Waals surface area contributed by atoms with Gasteiger partial charge < -0.3 is 9.84 Å². The van der Waals surface area contributed by atoms with Crippen molar-refractivity contribution in [2.24, 2.45) is 0 Å². The van der Waals surface area contributed by atoms with Gasteiger partial charge in [-0.05, 0) is 31.5 Å². The number of nitrogens with zero attached hydrogens (tertiary/aromatic N) is 2. The van der Waals surface area contributed by atoms with Crippen molar-refractivity contribution in [3.63, 3.8) is 0 Å². The maximum atomic E-state index is 12.3. The molecule has 0 radical (unpaired) electrons. The van der Waals surface area contributed by atoms with Crippen molar-refractivity contribution in [3.05, 3.63) is 34.4 Å². The van der Waals surface area contributed by atoms with Gasteiger partial charge in [0.1, 0.15) is 11.6 Å². The molecule has 1 aliphatic heterocycles. The molecule has 0 saturated heterocycles. The molecular formula is C14H14N2O4. The van der Waals surface area contributed by atoms with Crippen molar-refractivity contribution in [2.75, 3.05) is 0 Å². The van der Waals surface area contributed by atoms with E-state index in [9.17, 15) is 9.59 Å². The van der Waals surface area contributed by atoms with E-state index < -0.39 is 12.1 Å². The number of aliphatic carboxylic acids is 1. The summed E-state index contributed by atoms with van der Waals surface area (Å²) < 4.78 is 6.96. The van der Waals surface area contributed by atoms with Crippen LogP contribution in [0, 0.1) is 0 Å². The van der Waals surface area contributed by atoms with Crippen molar-refractivity contribution in [2.45, 2.75) is 32.4 Å². The topological polar surface area (TPSA) is 81.4 Å². The van der Waals surface area contributed by atoms with E-state index in [0.717, 1.165) is 18.7 Å². The Morgan fingerprint density at radius 1 is 1.50 bits per heavy atom. The Kier molecular flexibility index (Phi) is 2.93. The van der Waals surface area contributed by atoms with Gasteiger partial charge in [-0.3, -0.25) is 9.36 Å². The minimum absolute atomic E-state index is 0.0871. The first kappa shape index (κ1) is 12.7. The zero-order valence-electron chi connectivity index (χ0n) is 11.0. The number of hydrogen-bond acceptors (Lipinski definition) is 4. The average Bonchev–Trinajstić information content (AvgIpc) is 2.88. The van der Waals surface area contributed by atoms with Crippen LogP contribution >= 0.6 is 0 Å². The maximum absolute atomic E-state index is 12.3. The monoisotopic (exact) mass is 274 g/mol. The van der Waals surface area contributed by atoms with Crippen LogP contribution in [0.4, 0.5) is 0 Å². The number of hydrogen-bond donors (Lipinski definition) is 1. The largest absolute Gasteiger partial charge is 0.479 e. The molecule has 0 amide bonds. The lowest BCUT2D eigenvalue weighted by atomic mass is 10.2. The predicted molar refractivity (Wildman–Crippen MR) is 72.0 cm³/mol. The molecular weight excluding hydrogens is 260 g/mol. The Morgan fingerprint density at radius 3 is 3.05 bits per heavy atom. The van der Waals surface area contributed by atoms with Gasteiger partial charge >= 0.3 is 5.97 Å². The molecule has 1 aliphatic rings. The average molecular weight is 274 g/mol. The third-order valence-electron chi connectivity index (χ3n) is 3.45. The van der Waals surface area contributed by atoms with Gasteiger partial charge in [-0.1, -0.05) is 0 Å². The van der Waals surface area contributed by atoms with Gasteiger partial charge in [-0.25, -0.2) is 9.78 Å². The second-order valence-corrected chi connectivity index (χ2v) is 4.87. The van der Waals surface area contributed by atoms with Crippen LogP contribution < -0.4 is 10.3 Å². The normalized spacial score (nSPS) is 15.1. The third kappa shape index (κ3) is 2.03. The van der Waals surface area contributed by atoms with Crippen LogP contribution in [-0.4, -0.2) is 26.7 Å². The summed E-state index contributed by atoms with van der Waals surface area (Å²) in [6, 6.07) is 4.90. The molecule has 0 fully saturated rings. The van der Waals surface area contributed by atoms with Crippen LogP contribution in [0.15, 0.2) is 23.0 Å². The number of aromatic nitrogens is 2. The smallest absolute Gasteiger partial charge is 0.344 e. The first-order valence-electron chi connectivity index (χ1n) is 6.49. The van der Waals surface area contributed by atoms with Gasteiger partial charge in [0.15, 0.2) is 6.10 Å². The van der Waals surface area contributed by atoms with Crippen LogP contribution in [0.5, 0.6) is 5.75 Å². The zero-order chi connectivity index (χ0) is 14.3. The zero-order valence-corrected chi connectivity index (χ0v) is 11.0. The molecule has 0 saturated carbocycles. The molecule has 1 atom stereocenters. The highest BCUT2D eigenvalue weighted by Gasteiger charge is 2.17. The molecule has 20 heavy (non-hydrogen) atoms. The summed E-state index contributed by atoms with van der Waals surface area (Å²) >= 11 is 0. The quantitative estimate of drug-likeness (QED) is 0.909. The first-order valence-corrected chi connectivity index (χ1v) is 6.49. The van der Waals surface area contributed by atoms with E-state index in [1.807, 2.05) is 0 Å². The Bertz CT molecular complexity index is 751. The van der Waals surface area contributed by atoms with Crippen molar-refractivity contribution < 1.29 is 14.6 Å². The van der Waals surface area contributed by atoms with E-state index in [0.29, 0.717) is 23.2 Å². The number of aryl methyl sites for hydroxylation is 1. The highest BCUT2D eigenvalue weighted by molar-refractivity contribution is 5.79. The lowest BCUT2D eigenvalue weighted by Crippen LogP contribution is -2.23. The molecule has 3 rings (SSSR count). The van der Waals surface area contributed by atoms with Gasteiger partial charge in [0.25, 0.3) is 5.56 Å². The Hall–Kier alpha value is -2.37. The molecule has 0 bridgehead atoms. The molecule has 2 aromatic rings. The van der Waals surface area contributed by atoms with Gasteiger partial charge in [-0.2, -0.15) is 0 Å². The summed E-state index contributed by atoms with van der Waals surface area (Å²) in [7, 11) is 0. The van der Waals surface area contributed by atoms with E-state index in [4.69, 9.17) is 9.84 Å². The fourth-order valence-corrected chi connectivity index (χ4v) is 2.39. The maximum Gasteiger partial charge on any atom is 0.344 e. The molecule has 1 aromatic carbocycles. The summed E-state index contributed by atoms with van der Waals surface area (Å²) in [5.41, 5.74) is 0.536. The van der Waals surface area contributed by atoms with Crippen molar-refractivity contribution in [1.82, 2.24) is 9.55 Å². The molecule has 2 heterocycles. The second kappa shape index (κ2) is 4.63. The number of carboxylic acids is 1. The Balaban J connectivity index is 2.07. The first-order chi connectivity index (χ1) is 9.56. The third-order valence-corrected chi connectivity index (χ3v) is 3.45. The summed E-state index contributed by atoms with van der Waals surface area (Å²) in [5.74, 6) is 0.133. The highest BCUT2D eigenvalue weighted by atomic mass is 16.5. The number of carbonyl (C=O) groups is 1. The van der Waals surface area contributed by atoms with E-state index in [1.165, 1.54) is 6.92 Å². The van der Waals surface area contributed by atoms with Crippen LogP contribution in [-0.2, 0) is 17.8 Å². The summed E-state index contributed by atoms with van der Waals surface area (Å²) in [5, 5.41) is 9.30. The van der Waals surface area contributed by atoms with Gasteiger partial charge in [0.05, 0.1) is 10.9 Å². The van der Waals surface area contributed by atoms with Crippen molar-refractivity contribution in [3.8, 4) is 5.75 Å². The number of ether oxygens (including phenoxy) is 1. The molecule has 0 spiro atoms. The van der Waals surface area contributed by atoms with Crippen molar-refractivity contribution >= 4 is 16.9 Å². The molecule has 1 aromatic heterocycles. The van der Waals surface area contributed by atoms with E-state index in [1.54, 1.807) is 22.8 Å². The fraction of sp³-hybridized carbons (Fsp3) is 0.357. The van der Waals surface area contributed by atoms with Crippen LogP contribution in [0.2, 0.25) is 0 Å². The minimum atomic E-state index is -1.05. The number of benzene rings is 1. The number of rotatable bonds is 3. The molecule has 0 aliphatic carbocycles. The molecule has 6 heteroatoms. The fourth-order valence-electron chi connectivity index (χ4n) is 2.39. The molecule has 1 N–H and O–H groups in total. The van der Waals surface area contributed by atoms with Crippen LogP contribution in [0.1, 0.15) is 19.2 Å². The molecule has 104 valence electrons. The second-order valence-electron chi connectivity index (χ2n) is 4.87.